The molecule has 0 radical (unpaired) electrons. The molecule has 2 aliphatic rings. The molecule has 1 fully saturated rings. The van der Waals surface area contributed by atoms with E-state index in [9.17, 15) is 9.59 Å². The largest absolute Gasteiger partial charge is 0.375 e. The number of hydrogen-bond acceptors (Lipinski definition) is 5. The Kier molecular flexibility index (Phi) is 6.64. The predicted octanol–water partition coefficient (Wildman–Crippen LogP) is 2.42. The van der Waals surface area contributed by atoms with Gasteiger partial charge in [-0.25, -0.2) is 4.98 Å². The molecule has 1 saturated heterocycles. The molecule has 2 heterocycles. The Bertz CT molecular complexity index is 620. The highest BCUT2D eigenvalue weighted by Gasteiger charge is 2.27. The number of carbonyl (C=O) groups is 2. The van der Waals surface area contributed by atoms with Gasteiger partial charge >= 0.3 is 0 Å². The lowest BCUT2D eigenvalue weighted by atomic mass is 9.97. The second kappa shape index (κ2) is 8.95. The topological polar surface area (TPSA) is 71.5 Å². The Morgan fingerprint density at radius 1 is 1.31 bits per heavy atom. The van der Waals surface area contributed by atoms with Crippen LogP contribution in [0.2, 0.25) is 0 Å². The lowest BCUT2D eigenvalue weighted by Gasteiger charge is -2.32. The molecule has 2 unspecified atom stereocenters. The Hall–Kier alpha value is -1.47. The molecule has 7 heteroatoms. The van der Waals surface area contributed by atoms with Crippen LogP contribution in [0.15, 0.2) is 0 Å². The number of aryl methyl sites for hydroxylation is 2. The number of piperidine rings is 1. The Morgan fingerprint density at radius 3 is 2.88 bits per heavy atom. The number of hydrogen-bond donors (Lipinski definition) is 1. The van der Waals surface area contributed by atoms with Gasteiger partial charge in [0, 0.05) is 31.1 Å². The molecule has 1 N–H and O–H groups in total. The van der Waals surface area contributed by atoms with Crippen LogP contribution in [0.1, 0.15) is 59.4 Å². The van der Waals surface area contributed by atoms with E-state index in [2.05, 4.69) is 17.2 Å². The molecular formula is C19H29N3O3S. The quantitative estimate of drug-likeness (QED) is 0.798. The molecule has 2 amide bonds. The molecule has 0 spiro atoms. The maximum Gasteiger partial charge on any atom is 0.280 e. The first-order chi connectivity index (χ1) is 12.6. The van der Waals surface area contributed by atoms with E-state index in [-0.39, 0.29) is 24.5 Å². The molecule has 1 aliphatic carbocycles. The van der Waals surface area contributed by atoms with Crippen molar-refractivity contribution in [1.29, 1.82) is 0 Å². The van der Waals surface area contributed by atoms with Gasteiger partial charge in [0.15, 0.2) is 5.01 Å². The molecule has 0 bridgehead atoms. The number of likely N-dealkylation sites (tertiary alicyclic amines) is 1. The highest BCUT2D eigenvalue weighted by Crippen LogP contribution is 2.30. The molecule has 0 saturated carbocycles. The van der Waals surface area contributed by atoms with Gasteiger partial charge in [-0.3, -0.25) is 9.59 Å². The van der Waals surface area contributed by atoms with Gasteiger partial charge in [-0.2, -0.15) is 0 Å². The number of methoxy groups -OCH3 is 1. The zero-order valence-electron chi connectivity index (χ0n) is 15.8. The molecule has 1 aliphatic heterocycles. The number of fused-ring (bicyclic) bond motifs is 1. The van der Waals surface area contributed by atoms with E-state index >= 15 is 0 Å². The third kappa shape index (κ3) is 4.62. The lowest BCUT2D eigenvalue weighted by Crippen LogP contribution is -2.50. The molecule has 1 aromatic rings. The van der Waals surface area contributed by atoms with Gasteiger partial charge in [0.1, 0.15) is 6.61 Å². The van der Waals surface area contributed by atoms with Crippen LogP contribution < -0.4 is 5.32 Å². The van der Waals surface area contributed by atoms with E-state index < -0.39 is 0 Å². The van der Waals surface area contributed by atoms with Crippen molar-refractivity contribution in [2.24, 2.45) is 5.92 Å². The first-order valence-electron chi connectivity index (χ1n) is 9.66. The average Bonchev–Trinajstić information content (AvgIpc) is 2.96. The van der Waals surface area contributed by atoms with Gasteiger partial charge in [0.2, 0.25) is 5.91 Å². The van der Waals surface area contributed by atoms with Gasteiger partial charge in [-0.15, -0.1) is 11.3 Å². The minimum atomic E-state index is -0.0962. The summed E-state index contributed by atoms with van der Waals surface area (Å²) in [6.45, 7) is 3.63. The molecule has 26 heavy (non-hydrogen) atoms. The summed E-state index contributed by atoms with van der Waals surface area (Å²) in [6.07, 6.45) is 7.42. The van der Waals surface area contributed by atoms with Crippen LogP contribution >= 0.6 is 11.3 Å². The van der Waals surface area contributed by atoms with E-state index in [1.54, 1.807) is 16.2 Å². The summed E-state index contributed by atoms with van der Waals surface area (Å²) in [5, 5.41) is 3.66. The van der Waals surface area contributed by atoms with Crippen molar-refractivity contribution in [3.8, 4) is 0 Å². The summed E-state index contributed by atoms with van der Waals surface area (Å²) in [5.41, 5.74) is 1.12. The van der Waals surface area contributed by atoms with Gasteiger partial charge < -0.3 is 15.0 Å². The Balaban J connectivity index is 1.58. The summed E-state index contributed by atoms with van der Waals surface area (Å²) in [6, 6.07) is -0.00904. The monoisotopic (exact) mass is 379 g/mol. The SMILES string of the molecule is CCC1CCc2nc(C(=O)NC3CCCN(C(=O)COC)C3)sc2CC1. The molecule has 2 atom stereocenters. The summed E-state index contributed by atoms with van der Waals surface area (Å²) >= 11 is 1.55. The highest BCUT2D eigenvalue weighted by molar-refractivity contribution is 7.13. The molecular weight excluding hydrogens is 350 g/mol. The number of ether oxygens (including phenoxy) is 1. The van der Waals surface area contributed by atoms with Gasteiger partial charge in [0.05, 0.1) is 5.69 Å². The van der Waals surface area contributed by atoms with Gasteiger partial charge in [0.25, 0.3) is 5.91 Å². The summed E-state index contributed by atoms with van der Waals surface area (Å²) in [4.78, 5) is 32.3. The minimum Gasteiger partial charge on any atom is -0.375 e. The average molecular weight is 380 g/mol. The number of aromatic nitrogens is 1. The second-order valence-corrected chi connectivity index (χ2v) is 8.41. The van der Waals surface area contributed by atoms with Crippen molar-refractivity contribution >= 4 is 23.2 Å². The number of nitrogens with zero attached hydrogens (tertiary/aromatic N) is 2. The van der Waals surface area contributed by atoms with Gasteiger partial charge in [-0.05, 0) is 44.4 Å². The van der Waals surface area contributed by atoms with Crippen LogP contribution in [-0.4, -0.2) is 54.5 Å². The van der Waals surface area contributed by atoms with E-state index in [0.717, 1.165) is 43.8 Å². The molecule has 0 aromatic carbocycles. The number of carbonyl (C=O) groups excluding carboxylic acids is 2. The van der Waals surface area contributed by atoms with Crippen molar-refractivity contribution < 1.29 is 14.3 Å². The van der Waals surface area contributed by atoms with Crippen LogP contribution in [-0.2, 0) is 22.4 Å². The van der Waals surface area contributed by atoms with Crippen LogP contribution in [0.4, 0.5) is 0 Å². The van der Waals surface area contributed by atoms with Crippen molar-refractivity contribution in [2.75, 3.05) is 26.8 Å². The summed E-state index contributed by atoms with van der Waals surface area (Å²) in [7, 11) is 1.52. The smallest absolute Gasteiger partial charge is 0.280 e. The highest BCUT2D eigenvalue weighted by atomic mass is 32.1. The van der Waals surface area contributed by atoms with Crippen molar-refractivity contribution in [1.82, 2.24) is 15.2 Å². The van der Waals surface area contributed by atoms with Crippen LogP contribution in [0.3, 0.4) is 0 Å². The van der Waals surface area contributed by atoms with E-state index in [0.29, 0.717) is 11.6 Å². The van der Waals surface area contributed by atoms with Crippen LogP contribution in [0, 0.1) is 5.92 Å². The minimum absolute atomic E-state index is 0.00904. The zero-order chi connectivity index (χ0) is 18.5. The third-order valence-electron chi connectivity index (χ3n) is 5.50. The molecule has 3 rings (SSSR count). The fraction of sp³-hybridized carbons (Fsp3) is 0.737. The first kappa shape index (κ1) is 19.3. The zero-order valence-corrected chi connectivity index (χ0v) is 16.6. The first-order valence-corrected chi connectivity index (χ1v) is 10.5. The number of rotatable bonds is 5. The fourth-order valence-electron chi connectivity index (χ4n) is 3.88. The molecule has 6 nitrogen and oxygen atoms in total. The standard InChI is InChI=1S/C19H29N3O3S/c1-3-13-6-8-15-16(9-7-13)26-19(21-15)18(24)20-14-5-4-10-22(11-14)17(23)12-25-2/h13-14H,3-12H2,1-2H3,(H,20,24). The van der Waals surface area contributed by atoms with Gasteiger partial charge in [-0.1, -0.05) is 13.3 Å². The Morgan fingerprint density at radius 2 is 2.12 bits per heavy atom. The van der Waals surface area contributed by atoms with Crippen molar-refractivity contribution in [2.45, 2.75) is 57.9 Å². The summed E-state index contributed by atoms with van der Waals surface area (Å²) in [5.74, 6) is 0.672. The van der Waals surface area contributed by atoms with Crippen LogP contribution in [0.5, 0.6) is 0 Å². The van der Waals surface area contributed by atoms with Crippen molar-refractivity contribution in [3.05, 3.63) is 15.6 Å². The number of amides is 2. The molecule has 144 valence electrons. The predicted molar refractivity (Wildman–Crippen MR) is 101 cm³/mol. The normalized spacial score (nSPS) is 23.2. The summed E-state index contributed by atoms with van der Waals surface area (Å²) < 4.78 is 4.93. The third-order valence-corrected chi connectivity index (χ3v) is 6.65. The second-order valence-electron chi connectivity index (χ2n) is 7.33. The van der Waals surface area contributed by atoms with E-state index in [1.807, 2.05) is 0 Å². The maximum atomic E-state index is 12.6. The maximum absolute atomic E-state index is 12.6. The van der Waals surface area contributed by atoms with Crippen LogP contribution in [0.25, 0.3) is 0 Å². The van der Waals surface area contributed by atoms with E-state index in [1.165, 1.54) is 31.2 Å². The molecule has 1 aromatic heterocycles. The number of thiazole rings is 1. The Labute approximate surface area is 159 Å². The van der Waals surface area contributed by atoms with Crippen molar-refractivity contribution in [3.63, 3.8) is 0 Å². The lowest BCUT2D eigenvalue weighted by molar-refractivity contribution is -0.136. The van der Waals surface area contributed by atoms with E-state index in [4.69, 9.17) is 4.74 Å². The number of nitrogens with one attached hydrogen (secondary N) is 1. The fourth-order valence-corrected chi connectivity index (χ4v) is 4.91.